The molecule has 2 unspecified atom stereocenters. The third-order valence-electron chi connectivity index (χ3n) is 9.10. The number of para-hydroxylation sites is 1. The van der Waals surface area contributed by atoms with Gasteiger partial charge in [0, 0.05) is 44.8 Å². The van der Waals surface area contributed by atoms with Crippen LogP contribution in [0.1, 0.15) is 67.2 Å². The molecule has 0 saturated carbocycles. The molecular weight excluding hydrogens is 596 g/mol. The molecular formula is C38H48N2O7. The Hall–Kier alpha value is -4.08. The summed E-state index contributed by atoms with van der Waals surface area (Å²) in [7, 11) is 1.67. The van der Waals surface area contributed by atoms with Crippen LogP contribution in [0.3, 0.4) is 0 Å². The van der Waals surface area contributed by atoms with Gasteiger partial charge in [0.25, 0.3) is 0 Å². The molecule has 2 aliphatic rings. The molecule has 0 aliphatic carbocycles. The highest BCUT2D eigenvalue weighted by molar-refractivity contribution is 5.96. The van der Waals surface area contributed by atoms with E-state index in [1.807, 2.05) is 41.3 Å². The largest absolute Gasteiger partial charge is 0.494 e. The molecule has 2 amide bonds. The second kappa shape index (κ2) is 17.2. The number of amides is 2. The number of fused-ring (bicyclic) bond motifs is 1. The van der Waals surface area contributed by atoms with Gasteiger partial charge in [0.2, 0.25) is 5.91 Å². The van der Waals surface area contributed by atoms with Crippen LogP contribution in [0.25, 0.3) is 0 Å². The molecule has 0 aromatic heterocycles. The van der Waals surface area contributed by atoms with Crippen LogP contribution < -0.4 is 14.4 Å². The minimum Gasteiger partial charge on any atom is -0.494 e. The number of hydrogen-bond acceptors (Lipinski definition) is 6. The monoisotopic (exact) mass is 644 g/mol. The van der Waals surface area contributed by atoms with Gasteiger partial charge in [-0.15, -0.1) is 0 Å². The summed E-state index contributed by atoms with van der Waals surface area (Å²) in [4.78, 5) is 27.9. The van der Waals surface area contributed by atoms with E-state index < -0.39 is 6.09 Å². The molecule has 1 fully saturated rings. The van der Waals surface area contributed by atoms with Gasteiger partial charge < -0.3 is 33.9 Å². The summed E-state index contributed by atoms with van der Waals surface area (Å²) in [6, 6.07) is 22.5. The Bertz CT molecular complexity index is 1460. The van der Waals surface area contributed by atoms with Crippen LogP contribution in [-0.2, 0) is 33.7 Å². The number of likely N-dealkylation sites (tertiary alicyclic amines) is 1. The van der Waals surface area contributed by atoms with E-state index in [2.05, 4.69) is 37.3 Å². The summed E-state index contributed by atoms with van der Waals surface area (Å²) in [5.41, 5.74) is 5.39. The van der Waals surface area contributed by atoms with Crippen LogP contribution in [0.4, 0.5) is 10.5 Å². The third-order valence-corrected chi connectivity index (χ3v) is 9.10. The van der Waals surface area contributed by atoms with Gasteiger partial charge in [0.15, 0.2) is 0 Å². The molecule has 5 rings (SSSR count). The fourth-order valence-corrected chi connectivity index (χ4v) is 6.45. The normalized spacial score (nSPS) is 17.8. The van der Waals surface area contributed by atoms with Gasteiger partial charge in [0.1, 0.15) is 11.5 Å². The van der Waals surface area contributed by atoms with Crippen LogP contribution in [0.5, 0.6) is 11.5 Å². The molecule has 2 aliphatic heterocycles. The smallest absolute Gasteiger partial charge is 0.407 e. The first-order valence-corrected chi connectivity index (χ1v) is 16.9. The highest BCUT2D eigenvalue weighted by Gasteiger charge is 2.33. The molecule has 1 saturated heterocycles. The van der Waals surface area contributed by atoms with E-state index in [1.165, 1.54) is 10.5 Å². The molecule has 47 heavy (non-hydrogen) atoms. The van der Waals surface area contributed by atoms with Crippen molar-refractivity contribution in [3.05, 3.63) is 89.0 Å². The van der Waals surface area contributed by atoms with Gasteiger partial charge in [-0.05, 0) is 85.0 Å². The maximum absolute atomic E-state index is 12.7. The minimum absolute atomic E-state index is 0.0487. The number of nitrogens with zero attached hydrogens (tertiary/aromatic N) is 2. The molecule has 3 aromatic carbocycles. The number of methoxy groups -OCH3 is 1. The van der Waals surface area contributed by atoms with E-state index >= 15 is 0 Å². The lowest BCUT2D eigenvalue weighted by molar-refractivity contribution is -0.118. The standard InChI is InChI=1S/C38H48N2O7/c1-3-29-9-4-5-10-35(29)46-24-7-6-23-45-32-16-13-30(14-17-32)33-19-21-39(38(42)43)26-36(33)47-27-28-11-12-31-15-18-37(41)40(34(31)25-28)20-8-22-44-2/h4-5,9-14,16-17,25,33,36H,3,6-8,15,18-24,26-27H2,1-2H3,(H,42,43). The maximum atomic E-state index is 12.7. The number of hydrogen-bond donors (Lipinski definition) is 1. The number of unbranched alkanes of at least 4 members (excludes halogenated alkanes) is 1. The quantitative estimate of drug-likeness (QED) is 0.170. The number of piperidine rings is 1. The molecule has 9 nitrogen and oxygen atoms in total. The van der Waals surface area contributed by atoms with Crippen molar-refractivity contribution in [3.63, 3.8) is 0 Å². The summed E-state index contributed by atoms with van der Waals surface area (Å²) >= 11 is 0. The number of benzene rings is 3. The number of rotatable bonds is 16. The van der Waals surface area contributed by atoms with E-state index in [1.54, 1.807) is 7.11 Å². The van der Waals surface area contributed by atoms with Crippen LogP contribution in [0.15, 0.2) is 66.7 Å². The van der Waals surface area contributed by atoms with Gasteiger partial charge in [-0.25, -0.2) is 4.79 Å². The van der Waals surface area contributed by atoms with Crippen LogP contribution in [-0.4, -0.2) is 74.7 Å². The summed E-state index contributed by atoms with van der Waals surface area (Å²) in [6.07, 6.45) is 4.20. The lowest BCUT2D eigenvalue weighted by Crippen LogP contribution is -2.46. The Kier molecular flexibility index (Phi) is 12.5. The average molecular weight is 645 g/mol. The molecule has 3 aromatic rings. The van der Waals surface area contributed by atoms with Gasteiger partial charge in [0.05, 0.1) is 32.5 Å². The van der Waals surface area contributed by atoms with Crippen molar-refractivity contribution < 1.29 is 33.6 Å². The number of carboxylic acid groups (broad SMARTS) is 1. The second-order valence-corrected chi connectivity index (χ2v) is 12.3. The van der Waals surface area contributed by atoms with Crippen LogP contribution in [0.2, 0.25) is 0 Å². The molecule has 2 heterocycles. The fraction of sp³-hybridized carbons (Fsp3) is 0.474. The molecule has 252 valence electrons. The summed E-state index contributed by atoms with van der Waals surface area (Å²) in [6.45, 7) is 5.71. The number of ether oxygens (including phenoxy) is 4. The highest BCUT2D eigenvalue weighted by Crippen LogP contribution is 2.34. The Morgan fingerprint density at radius 3 is 2.49 bits per heavy atom. The molecule has 0 radical (unpaired) electrons. The SMILES string of the molecule is CCc1ccccc1OCCCCOc1ccc(C2CCN(C(=O)O)CC2OCc2ccc3c(c2)N(CCCOC)C(=O)CC3)cc1. The lowest BCUT2D eigenvalue weighted by Gasteiger charge is -2.37. The van der Waals surface area contributed by atoms with Gasteiger partial charge >= 0.3 is 6.09 Å². The van der Waals surface area contributed by atoms with Gasteiger partial charge in [-0.3, -0.25) is 4.79 Å². The van der Waals surface area contributed by atoms with Crippen molar-refractivity contribution in [2.24, 2.45) is 0 Å². The molecule has 0 bridgehead atoms. The topological polar surface area (TPSA) is 97.8 Å². The van der Waals surface area contributed by atoms with E-state index in [0.29, 0.717) is 58.9 Å². The van der Waals surface area contributed by atoms with E-state index in [9.17, 15) is 14.7 Å². The zero-order valence-electron chi connectivity index (χ0n) is 27.7. The fourth-order valence-electron chi connectivity index (χ4n) is 6.45. The minimum atomic E-state index is -0.931. The predicted octanol–water partition coefficient (Wildman–Crippen LogP) is 6.86. The van der Waals surface area contributed by atoms with Crippen LogP contribution in [0, 0.1) is 0 Å². The lowest BCUT2D eigenvalue weighted by atomic mass is 9.87. The Morgan fingerprint density at radius 2 is 1.72 bits per heavy atom. The Labute approximate surface area is 278 Å². The van der Waals surface area contributed by atoms with Gasteiger partial charge in [-0.2, -0.15) is 0 Å². The van der Waals surface area contributed by atoms with E-state index in [-0.39, 0.29) is 17.9 Å². The van der Waals surface area contributed by atoms with Crippen molar-refractivity contribution in [2.45, 2.75) is 70.5 Å². The molecule has 0 spiro atoms. The Morgan fingerprint density at radius 1 is 0.936 bits per heavy atom. The number of carbonyl (C=O) groups is 2. The van der Waals surface area contributed by atoms with Crippen molar-refractivity contribution in [1.82, 2.24) is 4.90 Å². The first-order chi connectivity index (χ1) is 23.0. The van der Waals surface area contributed by atoms with Crippen molar-refractivity contribution in [3.8, 4) is 11.5 Å². The summed E-state index contributed by atoms with van der Waals surface area (Å²) in [5, 5.41) is 9.73. The second-order valence-electron chi connectivity index (χ2n) is 12.3. The third kappa shape index (κ3) is 9.26. The van der Waals surface area contributed by atoms with Crippen molar-refractivity contribution in [1.29, 1.82) is 0 Å². The number of anilines is 1. The van der Waals surface area contributed by atoms with Gasteiger partial charge in [-0.1, -0.05) is 49.4 Å². The van der Waals surface area contributed by atoms with Crippen molar-refractivity contribution in [2.75, 3.05) is 51.5 Å². The zero-order valence-corrected chi connectivity index (χ0v) is 27.7. The number of aryl methyl sites for hydroxylation is 2. The predicted molar refractivity (Wildman–Crippen MR) is 182 cm³/mol. The first kappa shape index (κ1) is 34.3. The average Bonchev–Trinajstić information content (AvgIpc) is 3.10. The molecule has 2 atom stereocenters. The zero-order chi connectivity index (χ0) is 33.0. The summed E-state index contributed by atoms with van der Waals surface area (Å²) < 4.78 is 23.7. The maximum Gasteiger partial charge on any atom is 0.407 e. The van der Waals surface area contributed by atoms with E-state index in [0.717, 1.165) is 66.0 Å². The Balaban J connectivity index is 1.16. The molecule has 9 heteroatoms. The first-order valence-electron chi connectivity index (χ1n) is 16.9. The highest BCUT2D eigenvalue weighted by atomic mass is 16.5. The van der Waals surface area contributed by atoms with E-state index in [4.69, 9.17) is 18.9 Å². The van der Waals surface area contributed by atoms with Crippen LogP contribution >= 0.6 is 0 Å². The number of carbonyl (C=O) groups excluding carboxylic acids is 1. The van der Waals surface area contributed by atoms with Crippen molar-refractivity contribution >= 4 is 17.7 Å². The molecule has 1 N–H and O–H groups in total. The summed E-state index contributed by atoms with van der Waals surface area (Å²) in [5.74, 6) is 1.95.